The second-order valence-electron chi connectivity index (χ2n) is 5.97. The van der Waals surface area contributed by atoms with E-state index in [1.165, 1.54) is 6.42 Å². The zero-order chi connectivity index (χ0) is 12.7. The van der Waals surface area contributed by atoms with E-state index in [4.69, 9.17) is 10.00 Å². The molecule has 0 aromatic carbocycles. The lowest BCUT2D eigenvalue weighted by Crippen LogP contribution is -2.38. The van der Waals surface area contributed by atoms with Crippen LogP contribution in [0.1, 0.15) is 40.0 Å². The Labute approximate surface area is 107 Å². The number of thiocyanates is 1. The highest BCUT2D eigenvalue weighted by Gasteiger charge is 2.62. The zero-order valence-electron chi connectivity index (χ0n) is 10.7. The van der Waals surface area contributed by atoms with E-state index in [0.717, 1.165) is 24.6 Å². The van der Waals surface area contributed by atoms with E-state index in [-0.39, 0.29) is 28.7 Å². The molecule has 0 spiro atoms. The number of rotatable bonds is 3. The fraction of sp³-hybridized carbons (Fsp3) is 0.846. The molecule has 94 valence electrons. The normalized spacial score (nSPS) is 37.8. The monoisotopic (exact) mass is 253 g/mol. The molecule has 2 rings (SSSR count). The van der Waals surface area contributed by atoms with Gasteiger partial charge in [-0.15, -0.1) is 0 Å². The summed E-state index contributed by atoms with van der Waals surface area (Å²) in [6.45, 7) is 6.83. The van der Waals surface area contributed by atoms with Crippen molar-refractivity contribution in [1.29, 1.82) is 5.26 Å². The molecule has 4 heteroatoms. The van der Waals surface area contributed by atoms with Crippen molar-refractivity contribution in [3.8, 4) is 5.40 Å². The first-order valence-corrected chi connectivity index (χ1v) is 7.11. The van der Waals surface area contributed by atoms with Crippen molar-refractivity contribution in [2.45, 2.75) is 46.1 Å². The molecule has 1 unspecified atom stereocenters. The lowest BCUT2D eigenvalue weighted by Gasteiger charge is -2.38. The summed E-state index contributed by atoms with van der Waals surface area (Å²) in [4.78, 5) is 11.6. The quantitative estimate of drug-likeness (QED) is 0.573. The Morgan fingerprint density at radius 1 is 1.53 bits per heavy atom. The highest BCUT2D eigenvalue weighted by molar-refractivity contribution is 8.04. The molecule has 3 nitrogen and oxygen atoms in total. The predicted molar refractivity (Wildman–Crippen MR) is 67.2 cm³/mol. The summed E-state index contributed by atoms with van der Waals surface area (Å²) in [5, 5.41) is 10.3. The molecular weight excluding hydrogens is 234 g/mol. The van der Waals surface area contributed by atoms with Crippen LogP contribution in [0, 0.1) is 27.4 Å². The number of carbonyl (C=O) groups is 1. The molecule has 2 aliphatic carbocycles. The van der Waals surface area contributed by atoms with Crippen molar-refractivity contribution in [3.63, 3.8) is 0 Å². The van der Waals surface area contributed by atoms with Crippen LogP contribution in [0.4, 0.5) is 0 Å². The molecule has 0 aliphatic heterocycles. The SMILES string of the molecule is CC1(C)[C@@H]2CC[C@]1(C)C(OC(=O)CSC#N)C2. The van der Waals surface area contributed by atoms with Gasteiger partial charge in [0.15, 0.2) is 0 Å². The number of fused-ring (bicyclic) bond motifs is 2. The predicted octanol–water partition coefficient (Wildman–Crippen LogP) is 2.96. The molecule has 2 bridgehead atoms. The van der Waals surface area contributed by atoms with Gasteiger partial charge in [-0.3, -0.25) is 4.79 Å². The molecule has 2 aliphatic rings. The molecule has 17 heavy (non-hydrogen) atoms. The summed E-state index contributed by atoms with van der Waals surface area (Å²) in [6, 6.07) is 0. The molecule has 0 heterocycles. The van der Waals surface area contributed by atoms with Gasteiger partial charge in [-0.25, -0.2) is 0 Å². The largest absolute Gasteiger partial charge is 0.461 e. The molecule has 0 radical (unpaired) electrons. The summed E-state index contributed by atoms with van der Waals surface area (Å²) in [5.74, 6) is 0.578. The minimum absolute atomic E-state index is 0.0445. The van der Waals surface area contributed by atoms with Gasteiger partial charge in [0.05, 0.1) is 0 Å². The summed E-state index contributed by atoms with van der Waals surface area (Å²) in [5.41, 5.74) is 0.380. The molecule has 2 fully saturated rings. The number of hydrogen-bond donors (Lipinski definition) is 0. The van der Waals surface area contributed by atoms with Crippen LogP contribution in [0.25, 0.3) is 0 Å². The number of ether oxygens (including phenoxy) is 1. The van der Waals surface area contributed by atoms with Gasteiger partial charge in [0.25, 0.3) is 0 Å². The van der Waals surface area contributed by atoms with E-state index in [1.54, 1.807) is 0 Å². The molecular formula is C13H19NO2S. The van der Waals surface area contributed by atoms with Crippen molar-refractivity contribution in [2.24, 2.45) is 16.7 Å². The Morgan fingerprint density at radius 3 is 2.71 bits per heavy atom. The topological polar surface area (TPSA) is 50.1 Å². The highest BCUT2D eigenvalue weighted by Crippen LogP contribution is 2.66. The lowest BCUT2D eigenvalue weighted by molar-refractivity contribution is -0.153. The van der Waals surface area contributed by atoms with E-state index < -0.39 is 0 Å². The first-order valence-electron chi connectivity index (χ1n) is 6.12. The van der Waals surface area contributed by atoms with Crippen LogP contribution in [-0.4, -0.2) is 17.8 Å². The molecule has 0 amide bonds. The van der Waals surface area contributed by atoms with Crippen LogP contribution in [0.2, 0.25) is 0 Å². The molecule has 0 aromatic heterocycles. The second kappa shape index (κ2) is 4.20. The van der Waals surface area contributed by atoms with Crippen molar-refractivity contribution < 1.29 is 9.53 Å². The molecule has 0 N–H and O–H groups in total. The van der Waals surface area contributed by atoms with Gasteiger partial charge < -0.3 is 4.74 Å². The number of nitriles is 1. The van der Waals surface area contributed by atoms with Gasteiger partial charge in [-0.2, -0.15) is 5.26 Å². The van der Waals surface area contributed by atoms with E-state index >= 15 is 0 Å². The number of nitrogens with zero attached hydrogens (tertiary/aromatic N) is 1. The van der Waals surface area contributed by atoms with Crippen LogP contribution < -0.4 is 0 Å². The third kappa shape index (κ3) is 1.85. The minimum Gasteiger partial charge on any atom is -0.461 e. The Kier molecular flexibility index (Phi) is 3.15. The fourth-order valence-corrected chi connectivity index (χ4v) is 3.84. The molecule has 0 aromatic rings. The number of thioether (sulfide) groups is 1. The average molecular weight is 253 g/mol. The van der Waals surface area contributed by atoms with Gasteiger partial charge in [0, 0.05) is 5.41 Å². The van der Waals surface area contributed by atoms with Gasteiger partial charge in [-0.1, -0.05) is 20.8 Å². The number of carbonyl (C=O) groups excluding carboxylic acids is 1. The van der Waals surface area contributed by atoms with Gasteiger partial charge >= 0.3 is 5.97 Å². The van der Waals surface area contributed by atoms with Crippen molar-refractivity contribution in [3.05, 3.63) is 0 Å². The van der Waals surface area contributed by atoms with E-state index in [2.05, 4.69) is 20.8 Å². The first kappa shape index (κ1) is 12.8. The summed E-state index contributed by atoms with van der Waals surface area (Å²) < 4.78 is 5.58. The van der Waals surface area contributed by atoms with Crippen molar-refractivity contribution in [2.75, 3.05) is 5.75 Å². The lowest BCUT2D eigenvalue weighted by atomic mass is 9.70. The molecule has 3 atom stereocenters. The van der Waals surface area contributed by atoms with E-state index in [0.29, 0.717) is 5.92 Å². The maximum atomic E-state index is 11.6. The van der Waals surface area contributed by atoms with Crippen molar-refractivity contribution >= 4 is 17.7 Å². The Balaban J connectivity index is 2.01. The van der Waals surface area contributed by atoms with Crippen LogP contribution in [0.3, 0.4) is 0 Å². The molecule has 2 saturated carbocycles. The first-order chi connectivity index (χ1) is 7.91. The maximum Gasteiger partial charge on any atom is 0.317 e. The van der Waals surface area contributed by atoms with E-state index in [1.807, 2.05) is 5.40 Å². The fourth-order valence-electron chi connectivity index (χ4n) is 3.59. The van der Waals surface area contributed by atoms with Crippen LogP contribution in [0.5, 0.6) is 0 Å². The summed E-state index contributed by atoms with van der Waals surface area (Å²) in [7, 11) is 0. The van der Waals surface area contributed by atoms with Crippen LogP contribution in [-0.2, 0) is 9.53 Å². The Bertz CT molecular complexity index is 374. The van der Waals surface area contributed by atoms with Crippen molar-refractivity contribution in [1.82, 2.24) is 0 Å². The standard InChI is InChI=1S/C13H19NO2S/c1-12(2)9-4-5-13(12,3)10(6-9)16-11(15)7-17-8-14/h9-10H,4-7H2,1-3H3/t9-,10?,13-/m1/s1. The number of hydrogen-bond acceptors (Lipinski definition) is 4. The van der Waals surface area contributed by atoms with Gasteiger partial charge in [0.1, 0.15) is 17.3 Å². The summed E-state index contributed by atoms with van der Waals surface area (Å²) >= 11 is 0.949. The Hall–Kier alpha value is -0.690. The second-order valence-corrected chi connectivity index (χ2v) is 6.73. The number of esters is 1. The zero-order valence-corrected chi connectivity index (χ0v) is 11.5. The van der Waals surface area contributed by atoms with Gasteiger partial charge in [0.2, 0.25) is 0 Å². The third-order valence-corrected chi connectivity index (χ3v) is 5.75. The maximum absolute atomic E-state index is 11.6. The third-order valence-electron chi connectivity index (χ3n) is 5.24. The average Bonchev–Trinajstić information content (AvgIpc) is 2.59. The van der Waals surface area contributed by atoms with Gasteiger partial charge in [-0.05, 0) is 42.4 Å². The molecule has 0 saturated heterocycles. The van der Waals surface area contributed by atoms with Crippen LogP contribution >= 0.6 is 11.8 Å². The minimum atomic E-state index is -0.244. The van der Waals surface area contributed by atoms with E-state index in [9.17, 15) is 4.79 Å². The summed E-state index contributed by atoms with van der Waals surface area (Å²) in [6.07, 6.45) is 3.44. The highest BCUT2D eigenvalue weighted by atomic mass is 32.2. The van der Waals surface area contributed by atoms with Crippen LogP contribution in [0.15, 0.2) is 0 Å². The Morgan fingerprint density at radius 2 is 2.24 bits per heavy atom. The smallest absolute Gasteiger partial charge is 0.317 e.